The predicted molar refractivity (Wildman–Crippen MR) is 123 cm³/mol. The molecule has 0 aliphatic rings. The van der Waals surface area contributed by atoms with E-state index in [4.69, 9.17) is 16.3 Å². The fourth-order valence-corrected chi connectivity index (χ4v) is 4.28. The Balaban J connectivity index is 1.70. The van der Waals surface area contributed by atoms with E-state index >= 15 is 0 Å². The van der Waals surface area contributed by atoms with Crippen molar-refractivity contribution < 1.29 is 13.9 Å². The van der Waals surface area contributed by atoms with Gasteiger partial charge in [0.1, 0.15) is 17.1 Å². The molecule has 3 aromatic carbocycles. The van der Waals surface area contributed by atoms with E-state index in [1.54, 1.807) is 55.1 Å². The molecule has 158 valence electrons. The van der Waals surface area contributed by atoms with Gasteiger partial charge in [0.15, 0.2) is 10.7 Å². The minimum absolute atomic E-state index is 0.254. The van der Waals surface area contributed by atoms with Crippen LogP contribution in [0.3, 0.4) is 0 Å². The molecule has 0 spiro atoms. The standard InChI is InChI=1S/C24H20ClFN2O2S/c1-24(2,30-18-13-11-17(25)12-14-18)22(29)28(15-16-7-4-3-5-8-16)23-27-21-19(26)9-6-10-20(21)31-23/h3-14H,15H2,1-2H3. The number of halogens is 2. The number of fused-ring (bicyclic) bond motifs is 1. The van der Waals surface area contributed by atoms with Crippen LogP contribution in [0.15, 0.2) is 72.8 Å². The van der Waals surface area contributed by atoms with E-state index < -0.39 is 11.4 Å². The molecule has 0 saturated carbocycles. The number of hydrogen-bond acceptors (Lipinski definition) is 4. The maximum absolute atomic E-state index is 14.3. The van der Waals surface area contributed by atoms with Gasteiger partial charge in [-0.3, -0.25) is 9.69 Å². The lowest BCUT2D eigenvalue weighted by Gasteiger charge is -2.31. The largest absolute Gasteiger partial charge is 0.478 e. The number of thiazole rings is 1. The zero-order chi connectivity index (χ0) is 22.0. The van der Waals surface area contributed by atoms with Gasteiger partial charge in [0.2, 0.25) is 0 Å². The molecule has 1 aromatic heterocycles. The summed E-state index contributed by atoms with van der Waals surface area (Å²) in [4.78, 5) is 19.6. The van der Waals surface area contributed by atoms with Gasteiger partial charge in [0, 0.05) is 5.02 Å². The smallest absolute Gasteiger partial charge is 0.272 e. The minimum atomic E-state index is -1.20. The second kappa shape index (κ2) is 8.65. The second-order valence-electron chi connectivity index (χ2n) is 7.53. The molecular formula is C24H20ClFN2O2S. The molecular weight excluding hydrogens is 435 g/mol. The van der Waals surface area contributed by atoms with Gasteiger partial charge in [0.05, 0.1) is 11.2 Å². The molecule has 0 aliphatic carbocycles. The van der Waals surface area contributed by atoms with Crippen LogP contribution in [0.5, 0.6) is 5.75 Å². The normalized spacial score (nSPS) is 11.5. The van der Waals surface area contributed by atoms with Gasteiger partial charge >= 0.3 is 0 Å². The molecule has 0 fully saturated rings. The van der Waals surface area contributed by atoms with Gasteiger partial charge in [-0.05, 0) is 55.8 Å². The number of anilines is 1. The number of ether oxygens (including phenoxy) is 1. The van der Waals surface area contributed by atoms with E-state index in [2.05, 4.69) is 4.98 Å². The van der Waals surface area contributed by atoms with Crippen molar-refractivity contribution in [3.8, 4) is 5.75 Å². The summed E-state index contributed by atoms with van der Waals surface area (Å²) in [5, 5.41) is 1.00. The summed E-state index contributed by atoms with van der Waals surface area (Å²) in [6, 6.07) is 21.2. The molecule has 0 atom stereocenters. The van der Waals surface area contributed by atoms with Crippen LogP contribution in [0.2, 0.25) is 5.02 Å². The molecule has 4 aromatic rings. The Labute approximate surface area is 188 Å². The molecule has 0 aliphatic heterocycles. The number of amides is 1. The Bertz CT molecular complexity index is 1210. The van der Waals surface area contributed by atoms with Crippen LogP contribution in [0.4, 0.5) is 9.52 Å². The predicted octanol–water partition coefficient (Wildman–Crippen LogP) is 6.48. The summed E-state index contributed by atoms with van der Waals surface area (Å²) in [7, 11) is 0. The summed E-state index contributed by atoms with van der Waals surface area (Å²) in [5.74, 6) is -0.174. The van der Waals surface area contributed by atoms with E-state index in [0.717, 1.165) is 5.56 Å². The van der Waals surface area contributed by atoms with Crippen LogP contribution in [0, 0.1) is 5.82 Å². The third-order valence-electron chi connectivity index (χ3n) is 4.72. The Morgan fingerprint density at radius 1 is 1.06 bits per heavy atom. The van der Waals surface area contributed by atoms with Crippen molar-refractivity contribution in [2.75, 3.05) is 4.90 Å². The summed E-state index contributed by atoms with van der Waals surface area (Å²) in [6.07, 6.45) is 0. The Kier molecular flexibility index (Phi) is 5.94. The van der Waals surface area contributed by atoms with Crippen molar-refractivity contribution in [1.29, 1.82) is 0 Å². The zero-order valence-electron chi connectivity index (χ0n) is 17.0. The van der Waals surface area contributed by atoms with Crippen molar-refractivity contribution >= 4 is 44.2 Å². The SMILES string of the molecule is CC(C)(Oc1ccc(Cl)cc1)C(=O)N(Cc1ccccc1)c1nc2c(F)cccc2s1. The van der Waals surface area contributed by atoms with Gasteiger partial charge in [-0.15, -0.1) is 0 Å². The second-order valence-corrected chi connectivity index (χ2v) is 8.97. The third kappa shape index (κ3) is 4.70. The molecule has 31 heavy (non-hydrogen) atoms. The van der Waals surface area contributed by atoms with Gasteiger partial charge < -0.3 is 4.74 Å². The molecule has 0 radical (unpaired) electrons. The fraction of sp³-hybridized carbons (Fsp3) is 0.167. The number of para-hydroxylation sites is 1. The number of aromatic nitrogens is 1. The van der Waals surface area contributed by atoms with Gasteiger partial charge in [-0.25, -0.2) is 9.37 Å². The van der Waals surface area contributed by atoms with E-state index in [1.807, 2.05) is 30.3 Å². The van der Waals surface area contributed by atoms with Gasteiger partial charge in [-0.2, -0.15) is 0 Å². The monoisotopic (exact) mass is 454 g/mol. The quantitative estimate of drug-likeness (QED) is 0.335. The molecule has 0 N–H and O–H groups in total. The van der Waals surface area contributed by atoms with Crippen LogP contribution < -0.4 is 9.64 Å². The first kappa shape index (κ1) is 21.3. The van der Waals surface area contributed by atoms with Crippen molar-refractivity contribution in [3.05, 3.63) is 89.2 Å². The number of carbonyl (C=O) groups is 1. The number of rotatable bonds is 6. The number of hydrogen-bond donors (Lipinski definition) is 0. The van der Waals surface area contributed by atoms with Crippen LogP contribution in [0.1, 0.15) is 19.4 Å². The molecule has 0 unspecified atom stereocenters. The Morgan fingerprint density at radius 3 is 2.45 bits per heavy atom. The summed E-state index contributed by atoms with van der Waals surface area (Å²) >= 11 is 7.22. The molecule has 0 bridgehead atoms. The Hall–Kier alpha value is -2.96. The van der Waals surface area contributed by atoms with Crippen molar-refractivity contribution in [2.45, 2.75) is 26.0 Å². The maximum Gasteiger partial charge on any atom is 0.272 e. The summed E-state index contributed by atoms with van der Waals surface area (Å²) in [6.45, 7) is 3.69. The lowest BCUT2D eigenvalue weighted by atomic mass is 10.1. The molecule has 4 rings (SSSR count). The van der Waals surface area contributed by atoms with E-state index in [9.17, 15) is 9.18 Å². The average molecular weight is 455 g/mol. The number of carbonyl (C=O) groups excluding carboxylic acids is 1. The van der Waals surface area contributed by atoms with Gasteiger partial charge in [-0.1, -0.05) is 59.3 Å². The van der Waals surface area contributed by atoms with Gasteiger partial charge in [0.25, 0.3) is 5.91 Å². The van der Waals surface area contributed by atoms with Crippen LogP contribution >= 0.6 is 22.9 Å². The third-order valence-corrected chi connectivity index (χ3v) is 6.02. The highest BCUT2D eigenvalue weighted by atomic mass is 35.5. The van der Waals surface area contributed by atoms with Crippen LogP contribution in [-0.4, -0.2) is 16.5 Å². The van der Waals surface area contributed by atoms with E-state index in [0.29, 0.717) is 20.6 Å². The maximum atomic E-state index is 14.3. The topological polar surface area (TPSA) is 42.4 Å². The lowest BCUT2D eigenvalue weighted by Crippen LogP contribution is -2.48. The van der Waals surface area contributed by atoms with Crippen molar-refractivity contribution in [3.63, 3.8) is 0 Å². The first-order valence-corrected chi connectivity index (χ1v) is 10.9. The highest BCUT2D eigenvalue weighted by Crippen LogP contribution is 2.33. The van der Waals surface area contributed by atoms with Crippen molar-refractivity contribution in [1.82, 2.24) is 4.98 Å². The fourth-order valence-electron chi connectivity index (χ4n) is 3.18. The first-order valence-electron chi connectivity index (χ1n) is 9.69. The van der Waals surface area contributed by atoms with E-state index in [-0.39, 0.29) is 18.0 Å². The number of nitrogens with zero attached hydrogens (tertiary/aromatic N) is 2. The number of benzene rings is 3. The molecule has 0 saturated heterocycles. The highest BCUT2D eigenvalue weighted by molar-refractivity contribution is 7.22. The average Bonchev–Trinajstić information content (AvgIpc) is 3.19. The lowest BCUT2D eigenvalue weighted by molar-refractivity contribution is -0.131. The summed E-state index contributed by atoms with van der Waals surface area (Å²) in [5.41, 5.74) is -0.0124. The van der Waals surface area contributed by atoms with Crippen molar-refractivity contribution in [2.24, 2.45) is 0 Å². The first-order chi connectivity index (χ1) is 14.8. The molecule has 7 heteroatoms. The van der Waals surface area contributed by atoms with E-state index in [1.165, 1.54) is 17.4 Å². The minimum Gasteiger partial charge on any atom is -0.478 e. The highest BCUT2D eigenvalue weighted by Gasteiger charge is 2.36. The molecule has 4 nitrogen and oxygen atoms in total. The zero-order valence-corrected chi connectivity index (χ0v) is 18.6. The molecule has 1 amide bonds. The summed E-state index contributed by atoms with van der Waals surface area (Å²) < 4.78 is 20.9. The van der Waals surface area contributed by atoms with Crippen LogP contribution in [-0.2, 0) is 11.3 Å². The molecule has 1 heterocycles. The van der Waals surface area contributed by atoms with Crippen LogP contribution in [0.25, 0.3) is 10.2 Å². The Morgan fingerprint density at radius 2 is 1.77 bits per heavy atom.